The first-order valence-electron chi connectivity index (χ1n) is 9.78. The summed E-state index contributed by atoms with van der Waals surface area (Å²) in [5, 5.41) is 0. The smallest absolute Gasteiger partial charge is 0.223 e. The van der Waals surface area contributed by atoms with Crippen LogP contribution in [0.5, 0.6) is 0 Å². The highest BCUT2D eigenvalue weighted by atomic mass is 35.5. The van der Waals surface area contributed by atoms with Crippen LogP contribution in [0.1, 0.15) is 37.3 Å². The topological polar surface area (TPSA) is 81.6 Å². The number of hydrogen-bond donors (Lipinski definition) is 1. The molecule has 2 heterocycles. The van der Waals surface area contributed by atoms with Crippen molar-refractivity contribution in [2.45, 2.75) is 45.1 Å². The lowest BCUT2D eigenvalue weighted by molar-refractivity contribution is -0.133. The summed E-state index contributed by atoms with van der Waals surface area (Å²) in [6.45, 7) is 4.82. The van der Waals surface area contributed by atoms with Gasteiger partial charge < -0.3 is 19.8 Å². The first-order chi connectivity index (χ1) is 13.2. The number of carbonyl (C=O) groups excluding carboxylic acids is 1. The van der Waals surface area contributed by atoms with Crippen LogP contribution < -0.4 is 5.73 Å². The number of hydrogen-bond acceptors (Lipinski definition) is 5. The summed E-state index contributed by atoms with van der Waals surface area (Å²) in [7, 11) is 0. The van der Waals surface area contributed by atoms with E-state index >= 15 is 0 Å². The Labute approximate surface area is 185 Å². The normalized spacial score (nSPS) is 14.2. The lowest BCUT2D eigenvalue weighted by Gasteiger charge is -2.32. The van der Waals surface area contributed by atoms with Gasteiger partial charge in [-0.3, -0.25) is 4.79 Å². The molecule has 8 heteroatoms. The highest BCUT2D eigenvalue weighted by molar-refractivity contribution is 5.85. The van der Waals surface area contributed by atoms with Gasteiger partial charge in [0.15, 0.2) is 11.7 Å². The molecule has 0 bridgehead atoms. The van der Waals surface area contributed by atoms with Crippen molar-refractivity contribution >= 4 is 30.7 Å². The van der Waals surface area contributed by atoms with Gasteiger partial charge in [-0.25, -0.2) is 4.98 Å². The predicted octanol–water partition coefficient (Wildman–Crippen LogP) is 3.78. The minimum atomic E-state index is 0. The Morgan fingerprint density at radius 1 is 1.24 bits per heavy atom. The number of benzene rings is 1. The minimum absolute atomic E-state index is 0. The summed E-state index contributed by atoms with van der Waals surface area (Å²) >= 11 is 0. The van der Waals surface area contributed by atoms with E-state index < -0.39 is 0 Å². The molecule has 0 saturated carbocycles. The van der Waals surface area contributed by atoms with Crippen molar-refractivity contribution in [3.63, 3.8) is 0 Å². The van der Waals surface area contributed by atoms with Gasteiger partial charge in [-0.15, -0.1) is 24.8 Å². The van der Waals surface area contributed by atoms with Crippen LogP contribution in [0.15, 0.2) is 34.7 Å². The van der Waals surface area contributed by atoms with Crippen LogP contribution in [-0.2, 0) is 16.0 Å². The van der Waals surface area contributed by atoms with E-state index in [0.29, 0.717) is 31.9 Å². The predicted molar refractivity (Wildman–Crippen MR) is 119 cm³/mol. The molecule has 2 aromatic rings. The van der Waals surface area contributed by atoms with Crippen LogP contribution in [0.3, 0.4) is 0 Å². The Morgan fingerprint density at radius 3 is 2.59 bits per heavy atom. The third kappa shape index (κ3) is 7.30. The van der Waals surface area contributed by atoms with Crippen LogP contribution in [0.2, 0.25) is 0 Å². The fraction of sp³-hybridized carbons (Fsp3) is 0.524. The van der Waals surface area contributed by atoms with Crippen molar-refractivity contribution in [3.8, 4) is 11.3 Å². The molecule has 0 atom stereocenters. The molecule has 0 spiro atoms. The largest absolute Gasteiger partial charge is 0.440 e. The number of nitrogens with zero attached hydrogens (tertiary/aromatic N) is 2. The first-order valence-corrected chi connectivity index (χ1v) is 9.78. The van der Waals surface area contributed by atoms with E-state index in [-0.39, 0.29) is 36.8 Å². The van der Waals surface area contributed by atoms with Gasteiger partial charge in [-0.05, 0) is 32.7 Å². The zero-order chi connectivity index (χ0) is 19.1. The second-order valence-electron chi connectivity index (χ2n) is 6.98. The number of halogens is 2. The van der Waals surface area contributed by atoms with Gasteiger partial charge in [0.05, 0.1) is 11.8 Å². The van der Waals surface area contributed by atoms with Crippen molar-refractivity contribution in [2.24, 2.45) is 5.73 Å². The Balaban J connectivity index is 0.00000210. The van der Waals surface area contributed by atoms with Gasteiger partial charge >= 0.3 is 0 Å². The molecule has 1 aromatic heterocycles. The summed E-state index contributed by atoms with van der Waals surface area (Å²) < 4.78 is 11.7. The van der Waals surface area contributed by atoms with Gasteiger partial charge in [-0.2, -0.15) is 0 Å². The molecule has 3 rings (SSSR count). The number of aryl methyl sites for hydroxylation is 2. The quantitative estimate of drug-likeness (QED) is 0.627. The summed E-state index contributed by atoms with van der Waals surface area (Å²) in [6, 6.07) is 9.93. The number of rotatable bonds is 8. The van der Waals surface area contributed by atoms with Crippen LogP contribution in [-0.4, -0.2) is 48.1 Å². The van der Waals surface area contributed by atoms with Crippen molar-refractivity contribution in [3.05, 3.63) is 41.9 Å². The maximum absolute atomic E-state index is 12.5. The molecule has 0 radical (unpaired) electrons. The molecule has 1 fully saturated rings. The van der Waals surface area contributed by atoms with Crippen molar-refractivity contribution < 1.29 is 13.9 Å². The van der Waals surface area contributed by atoms with Crippen molar-refractivity contribution in [1.82, 2.24) is 9.88 Å². The fourth-order valence-electron chi connectivity index (χ4n) is 3.39. The first kappa shape index (κ1) is 25.4. The molecule has 1 aliphatic heterocycles. The summed E-state index contributed by atoms with van der Waals surface area (Å²) in [5.74, 6) is 1.57. The summed E-state index contributed by atoms with van der Waals surface area (Å²) in [6.07, 6.45) is 3.88. The second kappa shape index (κ2) is 12.9. The Bertz CT molecular complexity index is 732. The molecule has 1 amide bonds. The Hall–Kier alpha value is -1.60. The lowest BCUT2D eigenvalue weighted by Crippen LogP contribution is -2.41. The van der Waals surface area contributed by atoms with Crippen LogP contribution in [0.4, 0.5) is 0 Å². The number of ether oxygens (including phenoxy) is 1. The third-order valence-electron chi connectivity index (χ3n) is 4.93. The van der Waals surface area contributed by atoms with Gasteiger partial charge in [0.2, 0.25) is 5.91 Å². The van der Waals surface area contributed by atoms with Crippen LogP contribution >= 0.6 is 24.8 Å². The molecule has 0 unspecified atom stereocenters. The zero-order valence-corrected chi connectivity index (χ0v) is 18.5. The molecule has 2 N–H and O–H groups in total. The third-order valence-corrected chi connectivity index (χ3v) is 4.93. The second-order valence-corrected chi connectivity index (χ2v) is 6.98. The molecular formula is C21H31Cl2N3O3. The molecule has 1 aliphatic rings. The SMILES string of the molecule is Cc1nc(CCC(=O)N2CCC(OCCCN)CC2)oc1-c1ccccc1.Cl.Cl. The highest BCUT2D eigenvalue weighted by Gasteiger charge is 2.23. The van der Waals surface area contributed by atoms with E-state index in [4.69, 9.17) is 14.9 Å². The number of piperidine rings is 1. The summed E-state index contributed by atoms with van der Waals surface area (Å²) in [5.41, 5.74) is 7.36. The molecule has 1 saturated heterocycles. The maximum atomic E-state index is 12.5. The molecule has 29 heavy (non-hydrogen) atoms. The molecule has 0 aliphatic carbocycles. The van der Waals surface area contributed by atoms with Gasteiger partial charge in [-0.1, -0.05) is 30.3 Å². The van der Waals surface area contributed by atoms with E-state index in [0.717, 1.165) is 49.4 Å². The number of likely N-dealkylation sites (tertiary alicyclic amines) is 1. The summed E-state index contributed by atoms with van der Waals surface area (Å²) in [4.78, 5) is 18.9. The molecule has 1 aromatic carbocycles. The lowest BCUT2D eigenvalue weighted by atomic mass is 10.1. The number of nitrogens with two attached hydrogens (primary N) is 1. The van der Waals surface area contributed by atoms with E-state index in [1.807, 2.05) is 42.2 Å². The molecule has 162 valence electrons. The number of carbonyl (C=O) groups is 1. The Kier molecular flexibility index (Phi) is 11.3. The standard InChI is InChI=1S/C21H29N3O3.2ClH/c1-16-21(17-6-3-2-4-7-17)27-19(23-16)8-9-20(25)24-13-10-18(11-14-24)26-15-5-12-22;;/h2-4,6-7,18H,5,8-15,22H2,1H3;2*1H. The maximum Gasteiger partial charge on any atom is 0.223 e. The van der Waals surface area contributed by atoms with E-state index in [1.54, 1.807) is 0 Å². The minimum Gasteiger partial charge on any atom is -0.440 e. The van der Waals surface area contributed by atoms with Crippen molar-refractivity contribution in [1.29, 1.82) is 0 Å². The van der Waals surface area contributed by atoms with E-state index in [1.165, 1.54) is 0 Å². The van der Waals surface area contributed by atoms with Crippen molar-refractivity contribution in [2.75, 3.05) is 26.2 Å². The zero-order valence-electron chi connectivity index (χ0n) is 16.8. The number of amides is 1. The highest BCUT2D eigenvalue weighted by Crippen LogP contribution is 2.25. The number of oxazole rings is 1. The van der Waals surface area contributed by atoms with E-state index in [9.17, 15) is 4.79 Å². The average Bonchev–Trinajstić information content (AvgIpc) is 3.08. The number of aromatic nitrogens is 1. The monoisotopic (exact) mass is 443 g/mol. The van der Waals surface area contributed by atoms with Crippen LogP contribution in [0, 0.1) is 6.92 Å². The van der Waals surface area contributed by atoms with Gasteiger partial charge in [0, 0.05) is 38.1 Å². The van der Waals surface area contributed by atoms with Crippen LogP contribution in [0.25, 0.3) is 11.3 Å². The molecule has 6 nitrogen and oxygen atoms in total. The Morgan fingerprint density at radius 2 is 1.93 bits per heavy atom. The average molecular weight is 444 g/mol. The van der Waals surface area contributed by atoms with Gasteiger partial charge in [0.25, 0.3) is 0 Å². The molecular weight excluding hydrogens is 413 g/mol. The fourth-order valence-corrected chi connectivity index (χ4v) is 3.39. The van der Waals surface area contributed by atoms with Gasteiger partial charge in [0.1, 0.15) is 0 Å². The van der Waals surface area contributed by atoms with E-state index in [2.05, 4.69) is 4.98 Å².